The second-order valence-electron chi connectivity index (χ2n) is 2.97. The molecule has 0 radical (unpaired) electrons. The lowest BCUT2D eigenvalue weighted by atomic mass is 10.1. The number of esters is 2. The number of piperazine rings is 1. The van der Waals surface area contributed by atoms with Crippen LogP contribution in [0.15, 0.2) is 0 Å². The highest BCUT2D eigenvalue weighted by atomic mass is 16.5. The fourth-order valence-corrected chi connectivity index (χ4v) is 1.28. The van der Waals surface area contributed by atoms with Gasteiger partial charge in [0.15, 0.2) is 0 Å². The van der Waals surface area contributed by atoms with E-state index in [-0.39, 0.29) is 24.0 Å². The van der Waals surface area contributed by atoms with Gasteiger partial charge in [-0.25, -0.2) is 0 Å². The first-order chi connectivity index (χ1) is 6.69. The van der Waals surface area contributed by atoms with Crippen LogP contribution in [0.5, 0.6) is 0 Å². The third-order valence-corrected chi connectivity index (χ3v) is 2.11. The van der Waals surface area contributed by atoms with Crippen molar-refractivity contribution in [2.75, 3.05) is 27.3 Å². The number of methoxy groups -OCH3 is 2. The standard InChI is InChI=1S/C8H14N2O4/c1-13-7(11)5-3-10-6(4-9-5)8(12)14-2/h5-6,9-10H,3-4H2,1-2H3/t5-,6-/m1/s1. The first kappa shape index (κ1) is 10.9. The molecule has 2 N–H and O–H groups in total. The topological polar surface area (TPSA) is 76.7 Å². The van der Waals surface area contributed by atoms with Crippen molar-refractivity contribution in [3.63, 3.8) is 0 Å². The number of carbonyl (C=O) groups is 2. The van der Waals surface area contributed by atoms with Crippen LogP contribution in [0.25, 0.3) is 0 Å². The van der Waals surface area contributed by atoms with E-state index >= 15 is 0 Å². The molecule has 6 nitrogen and oxygen atoms in total. The molecule has 0 spiro atoms. The molecule has 6 heteroatoms. The van der Waals surface area contributed by atoms with Crippen molar-refractivity contribution in [2.45, 2.75) is 12.1 Å². The lowest BCUT2D eigenvalue weighted by molar-refractivity contribution is -0.147. The summed E-state index contributed by atoms with van der Waals surface area (Å²) in [5.74, 6) is -0.665. The van der Waals surface area contributed by atoms with Crippen LogP contribution in [0, 0.1) is 0 Å². The highest BCUT2D eigenvalue weighted by molar-refractivity contribution is 5.79. The van der Waals surface area contributed by atoms with Gasteiger partial charge in [-0.1, -0.05) is 0 Å². The Labute approximate surface area is 81.9 Å². The maximum absolute atomic E-state index is 11.1. The Morgan fingerprint density at radius 1 is 1.00 bits per heavy atom. The minimum atomic E-state index is -0.388. The van der Waals surface area contributed by atoms with Gasteiger partial charge in [-0.3, -0.25) is 9.59 Å². The SMILES string of the molecule is COC(=O)[C@H]1CN[C@@H](C(=O)OC)CN1. The van der Waals surface area contributed by atoms with Crippen LogP contribution < -0.4 is 10.6 Å². The van der Waals surface area contributed by atoms with Gasteiger partial charge >= 0.3 is 11.9 Å². The van der Waals surface area contributed by atoms with Crippen molar-refractivity contribution in [1.82, 2.24) is 10.6 Å². The number of hydrogen-bond acceptors (Lipinski definition) is 6. The Balaban J connectivity index is 2.38. The van der Waals surface area contributed by atoms with E-state index in [1.165, 1.54) is 14.2 Å². The minimum absolute atomic E-state index is 0.333. The normalized spacial score (nSPS) is 26.7. The van der Waals surface area contributed by atoms with Gasteiger partial charge in [-0.15, -0.1) is 0 Å². The quantitative estimate of drug-likeness (QED) is 0.518. The van der Waals surface area contributed by atoms with Crippen LogP contribution in [-0.4, -0.2) is 51.3 Å². The van der Waals surface area contributed by atoms with Crippen molar-refractivity contribution >= 4 is 11.9 Å². The van der Waals surface area contributed by atoms with Crippen LogP contribution in [0.1, 0.15) is 0 Å². The summed E-state index contributed by atoms with van der Waals surface area (Å²) in [4.78, 5) is 22.1. The molecule has 0 amide bonds. The molecule has 1 heterocycles. The fourth-order valence-electron chi connectivity index (χ4n) is 1.28. The molecule has 1 aliphatic rings. The molecule has 1 saturated heterocycles. The van der Waals surface area contributed by atoms with Crippen molar-refractivity contribution in [2.24, 2.45) is 0 Å². The summed E-state index contributed by atoms with van der Waals surface area (Å²) < 4.78 is 9.11. The fraction of sp³-hybridized carbons (Fsp3) is 0.750. The van der Waals surface area contributed by atoms with E-state index in [0.717, 1.165) is 0 Å². The molecule has 1 aliphatic heterocycles. The number of ether oxygens (including phenoxy) is 2. The zero-order valence-electron chi connectivity index (χ0n) is 8.20. The summed E-state index contributed by atoms with van der Waals surface area (Å²) in [6, 6.07) is -0.776. The molecule has 0 aromatic rings. The van der Waals surface area contributed by atoms with Crippen molar-refractivity contribution in [3.8, 4) is 0 Å². The summed E-state index contributed by atoms with van der Waals surface area (Å²) in [6.45, 7) is 0.735. The Kier molecular flexibility index (Phi) is 3.84. The lowest BCUT2D eigenvalue weighted by Crippen LogP contribution is -2.60. The van der Waals surface area contributed by atoms with E-state index in [1.807, 2.05) is 0 Å². The summed E-state index contributed by atoms with van der Waals surface area (Å²) >= 11 is 0. The van der Waals surface area contributed by atoms with Crippen LogP contribution in [0.3, 0.4) is 0 Å². The minimum Gasteiger partial charge on any atom is -0.468 e. The molecule has 0 aliphatic carbocycles. The van der Waals surface area contributed by atoms with Crippen LogP contribution in [0.4, 0.5) is 0 Å². The Hall–Kier alpha value is -1.14. The van der Waals surface area contributed by atoms with Crippen LogP contribution >= 0.6 is 0 Å². The highest BCUT2D eigenvalue weighted by Crippen LogP contribution is 1.97. The van der Waals surface area contributed by atoms with E-state index in [4.69, 9.17) is 0 Å². The molecule has 14 heavy (non-hydrogen) atoms. The van der Waals surface area contributed by atoms with E-state index < -0.39 is 0 Å². The van der Waals surface area contributed by atoms with E-state index in [1.54, 1.807) is 0 Å². The van der Waals surface area contributed by atoms with Gasteiger partial charge in [0.2, 0.25) is 0 Å². The van der Waals surface area contributed by atoms with Crippen LogP contribution in [0.2, 0.25) is 0 Å². The second-order valence-corrected chi connectivity index (χ2v) is 2.97. The predicted molar refractivity (Wildman–Crippen MR) is 47.6 cm³/mol. The number of nitrogens with one attached hydrogen (secondary N) is 2. The van der Waals surface area contributed by atoms with Gasteiger partial charge in [0.25, 0.3) is 0 Å². The summed E-state index contributed by atoms with van der Waals surface area (Å²) in [6.07, 6.45) is 0. The van der Waals surface area contributed by atoms with Crippen LogP contribution in [-0.2, 0) is 19.1 Å². The zero-order valence-corrected chi connectivity index (χ0v) is 8.20. The third-order valence-electron chi connectivity index (χ3n) is 2.11. The predicted octanol–water partition coefficient (Wildman–Crippen LogP) is -1.74. The maximum Gasteiger partial charge on any atom is 0.324 e. The van der Waals surface area contributed by atoms with E-state index in [9.17, 15) is 9.59 Å². The molecule has 1 rings (SSSR count). The summed E-state index contributed by atoms with van der Waals surface area (Å²) in [5.41, 5.74) is 0. The van der Waals surface area contributed by atoms with E-state index in [2.05, 4.69) is 20.1 Å². The Morgan fingerprint density at radius 3 is 1.57 bits per heavy atom. The lowest BCUT2D eigenvalue weighted by Gasteiger charge is -2.27. The first-order valence-electron chi connectivity index (χ1n) is 4.31. The first-order valence-corrected chi connectivity index (χ1v) is 4.31. The summed E-state index contributed by atoms with van der Waals surface area (Å²) in [5, 5.41) is 5.79. The Morgan fingerprint density at radius 2 is 1.36 bits per heavy atom. The van der Waals surface area contributed by atoms with Gasteiger partial charge in [0, 0.05) is 13.1 Å². The molecular formula is C8H14N2O4. The summed E-state index contributed by atoms with van der Waals surface area (Å²) in [7, 11) is 2.66. The average molecular weight is 202 g/mol. The van der Waals surface area contributed by atoms with Crippen molar-refractivity contribution in [1.29, 1.82) is 0 Å². The van der Waals surface area contributed by atoms with Gasteiger partial charge < -0.3 is 20.1 Å². The largest absolute Gasteiger partial charge is 0.468 e. The van der Waals surface area contributed by atoms with E-state index in [0.29, 0.717) is 13.1 Å². The molecule has 0 aromatic heterocycles. The molecule has 0 bridgehead atoms. The zero-order chi connectivity index (χ0) is 10.6. The molecule has 80 valence electrons. The Bertz CT molecular complexity index is 199. The van der Waals surface area contributed by atoms with Gasteiger partial charge in [0.1, 0.15) is 12.1 Å². The maximum atomic E-state index is 11.1. The number of rotatable bonds is 2. The molecule has 0 aromatic carbocycles. The van der Waals surface area contributed by atoms with Gasteiger partial charge in [-0.2, -0.15) is 0 Å². The van der Waals surface area contributed by atoms with Gasteiger partial charge in [0.05, 0.1) is 14.2 Å². The average Bonchev–Trinajstić information content (AvgIpc) is 2.27. The smallest absolute Gasteiger partial charge is 0.324 e. The van der Waals surface area contributed by atoms with Gasteiger partial charge in [-0.05, 0) is 0 Å². The number of hydrogen-bond donors (Lipinski definition) is 2. The highest BCUT2D eigenvalue weighted by Gasteiger charge is 2.29. The third kappa shape index (κ3) is 2.43. The molecule has 1 fully saturated rings. The molecule has 0 saturated carbocycles. The monoisotopic (exact) mass is 202 g/mol. The molecular weight excluding hydrogens is 188 g/mol. The van der Waals surface area contributed by atoms with Crippen molar-refractivity contribution in [3.05, 3.63) is 0 Å². The molecule has 2 atom stereocenters. The van der Waals surface area contributed by atoms with Crippen molar-refractivity contribution < 1.29 is 19.1 Å². The molecule has 0 unspecified atom stereocenters. The second kappa shape index (κ2) is 4.92. The number of carbonyl (C=O) groups excluding carboxylic acids is 2.